The predicted octanol–water partition coefficient (Wildman–Crippen LogP) is 3.59. The van der Waals surface area contributed by atoms with E-state index in [2.05, 4.69) is 25.7 Å². The Morgan fingerprint density at radius 2 is 1.84 bits per heavy atom. The Bertz CT molecular complexity index is 402. The van der Waals surface area contributed by atoms with Crippen LogP contribution in [0.4, 0.5) is 10.1 Å². The number of hydrogen-bond acceptors (Lipinski definition) is 2. The van der Waals surface area contributed by atoms with E-state index in [1.54, 1.807) is 6.07 Å². The van der Waals surface area contributed by atoms with E-state index in [-0.39, 0.29) is 11.9 Å². The van der Waals surface area contributed by atoms with E-state index >= 15 is 0 Å². The molecule has 3 heteroatoms. The van der Waals surface area contributed by atoms with Gasteiger partial charge >= 0.3 is 0 Å². The minimum absolute atomic E-state index is 0.0375. The van der Waals surface area contributed by atoms with E-state index in [9.17, 15) is 4.39 Å². The van der Waals surface area contributed by atoms with Gasteiger partial charge in [-0.15, -0.1) is 0 Å². The van der Waals surface area contributed by atoms with Crippen LogP contribution in [-0.2, 0) is 6.42 Å². The van der Waals surface area contributed by atoms with Crippen molar-refractivity contribution in [2.75, 3.05) is 11.9 Å². The molecular weight excluding hydrogens is 239 g/mol. The molecule has 0 spiro atoms. The quantitative estimate of drug-likeness (QED) is 0.852. The summed E-state index contributed by atoms with van der Waals surface area (Å²) < 4.78 is 14.0. The van der Waals surface area contributed by atoms with Crippen molar-refractivity contribution < 1.29 is 4.39 Å². The zero-order valence-corrected chi connectivity index (χ0v) is 12.8. The molecule has 1 aromatic rings. The number of halogens is 1. The lowest BCUT2D eigenvalue weighted by Crippen LogP contribution is -2.32. The molecule has 0 fully saturated rings. The van der Waals surface area contributed by atoms with E-state index in [1.165, 1.54) is 6.07 Å². The van der Waals surface area contributed by atoms with Gasteiger partial charge in [0.25, 0.3) is 0 Å². The zero-order chi connectivity index (χ0) is 14.6. The van der Waals surface area contributed by atoms with Crippen LogP contribution in [0, 0.1) is 11.7 Å². The van der Waals surface area contributed by atoms with Crippen molar-refractivity contribution >= 4 is 5.69 Å². The van der Waals surface area contributed by atoms with Crippen molar-refractivity contribution in [2.24, 2.45) is 11.7 Å². The van der Waals surface area contributed by atoms with Crippen molar-refractivity contribution in [3.05, 3.63) is 29.6 Å². The molecule has 0 saturated heterocycles. The molecule has 0 aliphatic rings. The number of nitrogens with two attached hydrogens (primary N) is 1. The summed E-state index contributed by atoms with van der Waals surface area (Å²) in [5.74, 6) is 0.473. The number of nitrogens with zero attached hydrogens (tertiary/aromatic N) is 1. The molecule has 0 saturated carbocycles. The molecule has 2 atom stereocenters. The maximum atomic E-state index is 14.0. The zero-order valence-electron chi connectivity index (χ0n) is 12.8. The third-order valence-corrected chi connectivity index (χ3v) is 3.47. The Balaban J connectivity index is 3.01. The van der Waals surface area contributed by atoms with Gasteiger partial charge < -0.3 is 10.6 Å². The summed E-state index contributed by atoms with van der Waals surface area (Å²) in [4.78, 5) is 2.17. The summed E-state index contributed by atoms with van der Waals surface area (Å²) in [5, 5.41) is 0. The van der Waals surface area contributed by atoms with Gasteiger partial charge in [-0.25, -0.2) is 4.39 Å². The number of benzene rings is 1. The minimum Gasteiger partial charge on any atom is -0.372 e. The average molecular weight is 266 g/mol. The highest BCUT2D eigenvalue weighted by atomic mass is 19.1. The molecule has 0 heterocycles. The van der Waals surface area contributed by atoms with Crippen molar-refractivity contribution in [1.29, 1.82) is 0 Å². The van der Waals surface area contributed by atoms with Crippen molar-refractivity contribution in [2.45, 2.75) is 52.6 Å². The van der Waals surface area contributed by atoms with Crippen LogP contribution >= 0.6 is 0 Å². The van der Waals surface area contributed by atoms with Gasteiger partial charge in [-0.2, -0.15) is 0 Å². The Morgan fingerprint density at radius 3 is 2.37 bits per heavy atom. The predicted molar refractivity (Wildman–Crippen MR) is 81.1 cm³/mol. The van der Waals surface area contributed by atoms with Crippen LogP contribution in [-0.4, -0.2) is 19.1 Å². The van der Waals surface area contributed by atoms with Crippen LogP contribution in [0.2, 0.25) is 0 Å². The fraction of sp³-hybridized carbons (Fsp3) is 0.625. The summed E-state index contributed by atoms with van der Waals surface area (Å²) in [6.45, 7) is 8.51. The summed E-state index contributed by atoms with van der Waals surface area (Å²) in [7, 11) is 2.03. The molecule has 2 N–H and O–H groups in total. The average Bonchev–Trinajstić information content (AvgIpc) is 2.29. The molecule has 0 aromatic heterocycles. The monoisotopic (exact) mass is 266 g/mol. The van der Waals surface area contributed by atoms with Gasteiger partial charge in [0.15, 0.2) is 0 Å². The third-order valence-electron chi connectivity index (χ3n) is 3.47. The van der Waals surface area contributed by atoms with Gasteiger partial charge in [0.2, 0.25) is 0 Å². The summed E-state index contributed by atoms with van der Waals surface area (Å²) >= 11 is 0. The Labute approximate surface area is 116 Å². The minimum atomic E-state index is -0.154. The second kappa shape index (κ2) is 6.90. The van der Waals surface area contributed by atoms with Crippen LogP contribution in [0.3, 0.4) is 0 Å². The maximum Gasteiger partial charge on any atom is 0.128 e. The highest BCUT2D eigenvalue weighted by Crippen LogP contribution is 2.26. The number of rotatable bonds is 6. The molecule has 2 unspecified atom stereocenters. The molecule has 0 radical (unpaired) electrons. The molecular formula is C16H27FN2. The summed E-state index contributed by atoms with van der Waals surface area (Å²) in [6, 6.07) is 5.62. The lowest BCUT2D eigenvalue weighted by Gasteiger charge is -2.30. The molecule has 1 rings (SSSR count). The fourth-order valence-electron chi connectivity index (χ4n) is 2.48. The number of hydrogen-bond donors (Lipinski definition) is 1. The van der Waals surface area contributed by atoms with Crippen LogP contribution in [0.25, 0.3) is 0 Å². The normalized spacial score (nSPS) is 14.5. The second-order valence-corrected chi connectivity index (χ2v) is 6.01. The molecule has 19 heavy (non-hydrogen) atoms. The Hall–Kier alpha value is -1.09. The third kappa shape index (κ3) is 4.50. The van der Waals surface area contributed by atoms with Gasteiger partial charge in [-0.1, -0.05) is 19.9 Å². The highest BCUT2D eigenvalue weighted by Gasteiger charge is 2.17. The second-order valence-electron chi connectivity index (χ2n) is 6.01. The van der Waals surface area contributed by atoms with Crippen molar-refractivity contribution in [3.8, 4) is 0 Å². The lowest BCUT2D eigenvalue weighted by molar-refractivity contribution is 0.501. The first-order valence-electron chi connectivity index (χ1n) is 7.08. The molecule has 0 bridgehead atoms. The molecule has 1 aromatic carbocycles. The Morgan fingerprint density at radius 1 is 1.21 bits per heavy atom. The first-order chi connectivity index (χ1) is 8.82. The first kappa shape index (κ1) is 16.0. The van der Waals surface area contributed by atoms with Crippen LogP contribution in [0.15, 0.2) is 18.2 Å². The standard InChI is InChI=1S/C16H27FN2/c1-11(2)9-13(4)19(5)16-8-6-7-15(17)14(16)10-12(3)18/h6-8,11-13H,9-10,18H2,1-5H3. The molecule has 0 aliphatic carbocycles. The van der Waals surface area contributed by atoms with Gasteiger partial charge in [0.1, 0.15) is 5.82 Å². The SMILES string of the molecule is CC(C)CC(C)N(C)c1cccc(F)c1CC(C)N. The first-order valence-corrected chi connectivity index (χ1v) is 7.08. The van der Waals surface area contributed by atoms with Crippen LogP contribution in [0.1, 0.15) is 39.7 Å². The van der Waals surface area contributed by atoms with Crippen LogP contribution in [0.5, 0.6) is 0 Å². The smallest absolute Gasteiger partial charge is 0.128 e. The Kier molecular flexibility index (Phi) is 5.80. The van der Waals surface area contributed by atoms with Crippen molar-refractivity contribution in [3.63, 3.8) is 0 Å². The van der Waals surface area contributed by atoms with Gasteiger partial charge in [-0.3, -0.25) is 0 Å². The molecule has 108 valence electrons. The van der Waals surface area contributed by atoms with Gasteiger partial charge in [-0.05, 0) is 44.7 Å². The summed E-state index contributed by atoms with van der Waals surface area (Å²) in [6.07, 6.45) is 1.66. The maximum absolute atomic E-state index is 14.0. The van der Waals surface area contributed by atoms with E-state index in [4.69, 9.17) is 5.73 Å². The van der Waals surface area contributed by atoms with Gasteiger partial charge in [0.05, 0.1) is 0 Å². The van der Waals surface area contributed by atoms with E-state index in [1.807, 2.05) is 20.0 Å². The molecule has 2 nitrogen and oxygen atoms in total. The van der Waals surface area contributed by atoms with E-state index in [0.717, 1.165) is 17.7 Å². The lowest BCUT2D eigenvalue weighted by atomic mass is 10.0. The van der Waals surface area contributed by atoms with Gasteiger partial charge in [0, 0.05) is 30.4 Å². The van der Waals surface area contributed by atoms with E-state index < -0.39 is 0 Å². The topological polar surface area (TPSA) is 29.3 Å². The van der Waals surface area contributed by atoms with Crippen molar-refractivity contribution in [1.82, 2.24) is 0 Å². The highest BCUT2D eigenvalue weighted by molar-refractivity contribution is 5.54. The van der Waals surface area contributed by atoms with E-state index in [0.29, 0.717) is 18.4 Å². The molecule has 0 aliphatic heterocycles. The summed E-state index contributed by atoms with van der Waals surface area (Å²) in [5.41, 5.74) is 7.53. The number of anilines is 1. The van der Waals surface area contributed by atoms with Crippen LogP contribution < -0.4 is 10.6 Å². The largest absolute Gasteiger partial charge is 0.372 e. The fourth-order valence-corrected chi connectivity index (χ4v) is 2.48. The molecule has 0 amide bonds.